The zero-order valence-electron chi connectivity index (χ0n) is 12.0. The Kier molecular flexibility index (Phi) is 4.84. The first kappa shape index (κ1) is 15.8. The van der Waals surface area contributed by atoms with E-state index in [0.717, 1.165) is 5.69 Å². The quantitative estimate of drug-likeness (QED) is 0.890. The summed E-state index contributed by atoms with van der Waals surface area (Å²) in [5.41, 5.74) is 1.44. The number of carboxylic acid groups (broad SMARTS) is 1. The van der Waals surface area contributed by atoms with Crippen LogP contribution in [0.15, 0.2) is 0 Å². The van der Waals surface area contributed by atoms with Gasteiger partial charge in [0.15, 0.2) is 0 Å². The molecular formula is C13H18ClN3O4. The molecule has 1 saturated heterocycles. The molecule has 1 N–H and O–H groups in total. The highest BCUT2D eigenvalue weighted by molar-refractivity contribution is 6.31. The number of carboxylic acids is 1. The predicted octanol–water partition coefficient (Wildman–Crippen LogP) is 0.855. The lowest BCUT2D eigenvalue weighted by atomic mass is 10.2. The topological polar surface area (TPSA) is 84.7 Å². The van der Waals surface area contributed by atoms with Gasteiger partial charge >= 0.3 is 5.97 Å². The number of aliphatic carboxylic acids is 1. The number of aryl methyl sites for hydroxylation is 1. The van der Waals surface area contributed by atoms with Gasteiger partial charge in [0.2, 0.25) is 5.91 Å². The number of morpholine rings is 1. The van der Waals surface area contributed by atoms with E-state index in [-0.39, 0.29) is 25.4 Å². The second kappa shape index (κ2) is 6.44. The van der Waals surface area contributed by atoms with Gasteiger partial charge in [-0.2, -0.15) is 5.10 Å². The molecule has 1 fully saturated rings. The molecule has 0 radical (unpaired) electrons. The Labute approximate surface area is 127 Å². The molecule has 1 aliphatic rings. The minimum Gasteiger partial charge on any atom is -0.481 e. The van der Waals surface area contributed by atoms with Crippen LogP contribution in [0.1, 0.15) is 17.8 Å². The maximum Gasteiger partial charge on any atom is 0.306 e. The third kappa shape index (κ3) is 3.74. The Morgan fingerprint density at radius 3 is 2.76 bits per heavy atom. The summed E-state index contributed by atoms with van der Waals surface area (Å²) in [7, 11) is 0. The summed E-state index contributed by atoms with van der Waals surface area (Å²) < 4.78 is 6.92. The molecule has 8 heteroatoms. The SMILES string of the molecule is Cc1nn(CC(=O)N2CCOC(CC(=O)O)C2)c(C)c1Cl. The molecule has 0 aromatic carbocycles. The summed E-state index contributed by atoms with van der Waals surface area (Å²) in [6.07, 6.45) is -0.556. The average Bonchev–Trinajstić information content (AvgIpc) is 2.66. The average molecular weight is 316 g/mol. The summed E-state index contributed by atoms with van der Waals surface area (Å²) in [4.78, 5) is 24.6. The van der Waals surface area contributed by atoms with E-state index in [9.17, 15) is 9.59 Å². The number of halogens is 1. The molecule has 1 aromatic rings. The lowest BCUT2D eigenvalue weighted by molar-refractivity contribution is -0.148. The monoisotopic (exact) mass is 315 g/mol. The zero-order chi connectivity index (χ0) is 15.6. The van der Waals surface area contributed by atoms with E-state index in [1.54, 1.807) is 16.5 Å². The van der Waals surface area contributed by atoms with Gasteiger partial charge in [-0.15, -0.1) is 0 Å². The van der Waals surface area contributed by atoms with E-state index in [1.165, 1.54) is 0 Å². The molecular weight excluding hydrogens is 298 g/mol. The van der Waals surface area contributed by atoms with Crippen molar-refractivity contribution in [1.82, 2.24) is 14.7 Å². The van der Waals surface area contributed by atoms with E-state index < -0.39 is 12.1 Å². The van der Waals surface area contributed by atoms with E-state index in [2.05, 4.69) is 5.10 Å². The smallest absolute Gasteiger partial charge is 0.306 e. The standard InChI is InChI=1S/C13H18ClN3O4/c1-8-13(14)9(2)17(15-8)7-11(18)16-3-4-21-10(6-16)5-12(19)20/h10H,3-7H2,1-2H3,(H,19,20). The van der Waals surface area contributed by atoms with Crippen LogP contribution < -0.4 is 0 Å². The lowest BCUT2D eigenvalue weighted by Crippen LogP contribution is -2.47. The number of carbonyl (C=O) groups excluding carboxylic acids is 1. The maximum atomic E-state index is 12.3. The Bertz CT molecular complexity index is 558. The summed E-state index contributed by atoms with van der Waals surface area (Å²) in [5, 5.41) is 13.6. The van der Waals surface area contributed by atoms with Gasteiger partial charge in [-0.1, -0.05) is 11.6 Å². The van der Waals surface area contributed by atoms with Crippen molar-refractivity contribution in [3.05, 3.63) is 16.4 Å². The molecule has 21 heavy (non-hydrogen) atoms. The number of amides is 1. The molecule has 0 aliphatic carbocycles. The Hall–Kier alpha value is -1.60. The molecule has 116 valence electrons. The van der Waals surface area contributed by atoms with Gasteiger partial charge in [0.05, 0.1) is 35.5 Å². The normalized spacial score (nSPS) is 18.8. The number of hydrogen-bond donors (Lipinski definition) is 1. The van der Waals surface area contributed by atoms with Gasteiger partial charge in [0.1, 0.15) is 6.54 Å². The third-order valence-electron chi connectivity index (χ3n) is 3.47. The Balaban J connectivity index is 1.99. The third-order valence-corrected chi connectivity index (χ3v) is 4.02. The highest BCUT2D eigenvalue weighted by Gasteiger charge is 2.26. The molecule has 7 nitrogen and oxygen atoms in total. The van der Waals surface area contributed by atoms with E-state index in [1.807, 2.05) is 6.92 Å². The van der Waals surface area contributed by atoms with Crippen molar-refractivity contribution in [2.75, 3.05) is 19.7 Å². The summed E-state index contributed by atoms with van der Waals surface area (Å²) in [6, 6.07) is 0. The molecule has 0 saturated carbocycles. The van der Waals surface area contributed by atoms with Crippen molar-refractivity contribution in [3.63, 3.8) is 0 Å². The van der Waals surface area contributed by atoms with E-state index in [4.69, 9.17) is 21.4 Å². The number of aromatic nitrogens is 2. The molecule has 1 atom stereocenters. The maximum absolute atomic E-state index is 12.3. The van der Waals surface area contributed by atoms with Crippen molar-refractivity contribution in [2.24, 2.45) is 0 Å². The van der Waals surface area contributed by atoms with Crippen LogP contribution in [0.2, 0.25) is 5.02 Å². The van der Waals surface area contributed by atoms with Gasteiger partial charge in [-0.25, -0.2) is 0 Å². The van der Waals surface area contributed by atoms with Crippen molar-refractivity contribution in [1.29, 1.82) is 0 Å². The van der Waals surface area contributed by atoms with Gasteiger partial charge in [-0.3, -0.25) is 14.3 Å². The summed E-state index contributed by atoms with van der Waals surface area (Å²) in [5.74, 6) is -1.05. The molecule has 2 heterocycles. The fourth-order valence-corrected chi connectivity index (χ4v) is 2.46. The number of rotatable bonds is 4. The first-order valence-corrected chi connectivity index (χ1v) is 7.07. The largest absolute Gasteiger partial charge is 0.481 e. The van der Waals surface area contributed by atoms with Gasteiger partial charge in [0.25, 0.3) is 0 Å². The van der Waals surface area contributed by atoms with Crippen LogP contribution in [0, 0.1) is 13.8 Å². The summed E-state index contributed by atoms with van der Waals surface area (Å²) >= 11 is 6.05. The van der Waals surface area contributed by atoms with Crippen LogP contribution in [0.25, 0.3) is 0 Å². The molecule has 0 spiro atoms. The minimum absolute atomic E-state index is 0.0964. The first-order chi connectivity index (χ1) is 9.88. The fraction of sp³-hybridized carbons (Fsp3) is 0.615. The number of nitrogens with zero attached hydrogens (tertiary/aromatic N) is 3. The number of hydrogen-bond acceptors (Lipinski definition) is 4. The van der Waals surface area contributed by atoms with Crippen LogP contribution >= 0.6 is 11.6 Å². The number of carbonyl (C=O) groups is 2. The molecule has 1 aromatic heterocycles. The zero-order valence-corrected chi connectivity index (χ0v) is 12.8. The summed E-state index contributed by atoms with van der Waals surface area (Å²) in [6.45, 7) is 4.79. The van der Waals surface area contributed by atoms with Crippen LogP contribution in [-0.2, 0) is 20.9 Å². The second-order valence-electron chi connectivity index (χ2n) is 5.07. The van der Waals surface area contributed by atoms with Crippen molar-refractivity contribution >= 4 is 23.5 Å². The highest BCUT2D eigenvalue weighted by atomic mass is 35.5. The molecule has 0 bridgehead atoms. The van der Waals surface area contributed by atoms with E-state index >= 15 is 0 Å². The van der Waals surface area contributed by atoms with Crippen molar-refractivity contribution in [2.45, 2.75) is 32.9 Å². The van der Waals surface area contributed by atoms with E-state index in [0.29, 0.717) is 23.9 Å². The minimum atomic E-state index is -0.931. The second-order valence-corrected chi connectivity index (χ2v) is 5.45. The van der Waals surface area contributed by atoms with Crippen molar-refractivity contribution in [3.8, 4) is 0 Å². The Morgan fingerprint density at radius 2 is 2.19 bits per heavy atom. The fourth-order valence-electron chi connectivity index (χ4n) is 2.32. The van der Waals surface area contributed by atoms with Gasteiger partial charge < -0.3 is 14.7 Å². The number of ether oxygens (including phenoxy) is 1. The molecule has 1 unspecified atom stereocenters. The Morgan fingerprint density at radius 1 is 1.48 bits per heavy atom. The van der Waals surface area contributed by atoms with Crippen LogP contribution in [0.5, 0.6) is 0 Å². The molecule has 1 aliphatic heterocycles. The highest BCUT2D eigenvalue weighted by Crippen LogP contribution is 2.19. The van der Waals surface area contributed by atoms with Gasteiger partial charge in [-0.05, 0) is 13.8 Å². The van der Waals surface area contributed by atoms with Crippen LogP contribution in [0.3, 0.4) is 0 Å². The first-order valence-electron chi connectivity index (χ1n) is 6.69. The van der Waals surface area contributed by atoms with Gasteiger partial charge in [0, 0.05) is 13.1 Å². The molecule has 2 rings (SSSR count). The van der Waals surface area contributed by atoms with Crippen LogP contribution in [-0.4, -0.2) is 57.5 Å². The predicted molar refractivity (Wildman–Crippen MR) is 75.3 cm³/mol. The van der Waals surface area contributed by atoms with Crippen molar-refractivity contribution < 1.29 is 19.4 Å². The van der Waals surface area contributed by atoms with Crippen LogP contribution in [0.4, 0.5) is 0 Å². The molecule has 1 amide bonds. The lowest BCUT2D eigenvalue weighted by Gasteiger charge is -2.32.